The van der Waals surface area contributed by atoms with Crippen LogP contribution in [0.2, 0.25) is 0 Å². The summed E-state index contributed by atoms with van der Waals surface area (Å²) in [7, 11) is 1.77. The SMILES string of the molecule is CCOc1ccccc1OCC(=O)N(C)CCC(N)C(C)C. The monoisotopic (exact) mass is 308 g/mol. The van der Waals surface area contributed by atoms with Crippen LogP contribution < -0.4 is 15.2 Å². The number of ether oxygens (including phenoxy) is 2. The fourth-order valence-electron chi connectivity index (χ4n) is 1.89. The lowest BCUT2D eigenvalue weighted by Gasteiger charge is -2.21. The first-order valence-electron chi connectivity index (χ1n) is 7.79. The number of carbonyl (C=O) groups excluding carboxylic acids is 1. The molecule has 0 aliphatic carbocycles. The molecule has 5 heteroatoms. The van der Waals surface area contributed by atoms with Crippen molar-refractivity contribution in [1.82, 2.24) is 4.90 Å². The van der Waals surface area contributed by atoms with Gasteiger partial charge in [-0.05, 0) is 31.4 Å². The van der Waals surface area contributed by atoms with Gasteiger partial charge in [-0.15, -0.1) is 0 Å². The maximum atomic E-state index is 12.1. The summed E-state index contributed by atoms with van der Waals surface area (Å²) in [5, 5.41) is 0. The van der Waals surface area contributed by atoms with Gasteiger partial charge in [-0.1, -0.05) is 26.0 Å². The van der Waals surface area contributed by atoms with E-state index >= 15 is 0 Å². The van der Waals surface area contributed by atoms with Gasteiger partial charge in [-0.2, -0.15) is 0 Å². The summed E-state index contributed by atoms with van der Waals surface area (Å²) < 4.78 is 11.0. The van der Waals surface area contributed by atoms with Crippen molar-refractivity contribution in [1.29, 1.82) is 0 Å². The molecule has 5 nitrogen and oxygen atoms in total. The molecular formula is C17H28N2O3. The highest BCUT2D eigenvalue weighted by atomic mass is 16.5. The molecule has 1 aromatic carbocycles. The zero-order valence-corrected chi connectivity index (χ0v) is 14.0. The molecule has 1 unspecified atom stereocenters. The number of rotatable bonds is 9. The van der Waals surface area contributed by atoms with Crippen molar-refractivity contribution >= 4 is 5.91 Å². The van der Waals surface area contributed by atoms with E-state index in [0.717, 1.165) is 6.42 Å². The van der Waals surface area contributed by atoms with Crippen LogP contribution in [-0.2, 0) is 4.79 Å². The van der Waals surface area contributed by atoms with Crippen LogP contribution in [-0.4, -0.2) is 43.7 Å². The second-order valence-electron chi connectivity index (χ2n) is 5.68. The molecule has 0 fully saturated rings. The minimum absolute atomic E-state index is 0.00248. The first-order chi connectivity index (χ1) is 10.5. The van der Waals surface area contributed by atoms with E-state index in [1.165, 1.54) is 0 Å². The Bertz CT molecular complexity index is 463. The highest BCUT2D eigenvalue weighted by Gasteiger charge is 2.14. The van der Waals surface area contributed by atoms with Gasteiger partial charge in [0.25, 0.3) is 5.91 Å². The number of nitrogens with zero attached hydrogens (tertiary/aromatic N) is 1. The Labute approximate surface area is 133 Å². The summed E-state index contributed by atoms with van der Waals surface area (Å²) in [6, 6.07) is 7.46. The Morgan fingerprint density at radius 1 is 1.23 bits per heavy atom. The summed E-state index contributed by atoms with van der Waals surface area (Å²) in [6.45, 7) is 7.27. The van der Waals surface area contributed by atoms with E-state index in [4.69, 9.17) is 15.2 Å². The van der Waals surface area contributed by atoms with Crippen LogP contribution in [0.4, 0.5) is 0 Å². The van der Waals surface area contributed by atoms with Crippen LogP contribution in [0.3, 0.4) is 0 Å². The van der Waals surface area contributed by atoms with Gasteiger partial charge < -0.3 is 20.1 Å². The number of para-hydroxylation sites is 2. The largest absolute Gasteiger partial charge is 0.490 e. The summed E-state index contributed by atoms with van der Waals surface area (Å²) >= 11 is 0. The molecule has 0 saturated carbocycles. The second kappa shape index (κ2) is 9.30. The number of hydrogen-bond donors (Lipinski definition) is 1. The van der Waals surface area contributed by atoms with Gasteiger partial charge in [0.05, 0.1) is 6.61 Å². The number of amides is 1. The highest BCUT2D eigenvalue weighted by molar-refractivity contribution is 5.77. The fraction of sp³-hybridized carbons (Fsp3) is 0.588. The Kier molecular flexibility index (Phi) is 7.74. The van der Waals surface area contributed by atoms with E-state index in [2.05, 4.69) is 13.8 Å². The van der Waals surface area contributed by atoms with Gasteiger partial charge >= 0.3 is 0 Å². The Morgan fingerprint density at radius 2 is 1.82 bits per heavy atom. The van der Waals surface area contributed by atoms with Crippen LogP contribution in [0.5, 0.6) is 11.5 Å². The molecule has 0 heterocycles. The van der Waals surface area contributed by atoms with Gasteiger partial charge in [0.2, 0.25) is 0 Å². The zero-order chi connectivity index (χ0) is 16.5. The first kappa shape index (κ1) is 18.3. The smallest absolute Gasteiger partial charge is 0.260 e. The predicted octanol–water partition coefficient (Wildman–Crippen LogP) is 2.30. The molecule has 1 amide bonds. The van der Waals surface area contributed by atoms with Crippen molar-refractivity contribution < 1.29 is 14.3 Å². The van der Waals surface area contributed by atoms with E-state index in [1.807, 2.05) is 25.1 Å². The van der Waals surface area contributed by atoms with Gasteiger partial charge in [-0.25, -0.2) is 0 Å². The minimum atomic E-state index is -0.0674. The molecule has 124 valence electrons. The predicted molar refractivity (Wildman–Crippen MR) is 88.2 cm³/mol. The van der Waals surface area contributed by atoms with Gasteiger partial charge in [0.1, 0.15) is 0 Å². The van der Waals surface area contributed by atoms with E-state index < -0.39 is 0 Å². The maximum Gasteiger partial charge on any atom is 0.260 e. The van der Waals surface area contributed by atoms with Crippen LogP contribution in [0.1, 0.15) is 27.2 Å². The lowest BCUT2D eigenvalue weighted by Crippen LogP contribution is -2.36. The molecule has 1 rings (SSSR count). The van der Waals surface area contributed by atoms with E-state index in [-0.39, 0.29) is 18.6 Å². The van der Waals surface area contributed by atoms with Crippen molar-refractivity contribution in [2.75, 3.05) is 26.8 Å². The number of hydrogen-bond acceptors (Lipinski definition) is 4. The van der Waals surface area contributed by atoms with Gasteiger partial charge in [0.15, 0.2) is 18.1 Å². The third kappa shape index (κ3) is 5.93. The molecule has 0 aliphatic rings. The minimum Gasteiger partial charge on any atom is -0.490 e. The zero-order valence-electron chi connectivity index (χ0n) is 14.0. The van der Waals surface area contributed by atoms with Crippen molar-refractivity contribution in [3.05, 3.63) is 24.3 Å². The molecule has 0 radical (unpaired) electrons. The van der Waals surface area contributed by atoms with Crippen molar-refractivity contribution in [2.45, 2.75) is 33.2 Å². The topological polar surface area (TPSA) is 64.8 Å². The second-order valence-corrected chi connectivity index (χ2v) is 5.68. The molecule has 2 N–H and O–H groups in total. The van der Waals surface area contributed by atoms with Crippen molar-refractivity contribution in [3.63, 3.8) is 0 Å². The highest BCUT2D eigenvalue weighted by Crippen LogP contribution is 2.26. The van der Waals surface area contributed by atoms with E-state index in [9.17, 15) is 4.79 Å². The van der Waals surface area contributed by atoms with Gasteiger partial charge in [-0.3, -0.25) is 4.79 Å². The normalized spacial score (nSPS) is 12.1. The maximum absolute atomic E-state index is 12.1. The van der Waals surface area contributed by atoms with Crippen molar-refractivity contribution in [2.24, 2.45) is 11.7 Å². The van der Waals surface area contributed by atoms with Crippen LogP contribution >= 0.6 is 0 Å². The number of likely N-dealkylation sites (N-methyl/N-ethyl adjacent to an activating group) is 1. The van der Waals surface area contributed by atoms with Gasteiger partial charge in [0, 0.05) is 19.6 Å². The molecule has 0 spiro atoms. The molecule has 1 aromatic rings. The Balaban J connectivity index is 2.45. The third-order valence-electron chi connectivity index (χ3n) is 3.58. The van der Waals surface area contributed by atoms with Crippen LogP contribution in [0.15, 0.2) is 24.3 Å². The van der Waals surface area contributed by atoms with Crippen LogP contribution in [0.25, 0.3) is 0 Å². The molecule has 0 aromatic heterocycles. The number of carbonyl (C=O) groups is 1. The average molecular weight is 308 g/mol. The number of benzene rings is 1. The summed E-state index contributed by atoms with van der Waals surface area (Å²) in [6.07, 6.45) is 0.787. The Morgan fingerprint density at radius 3 is 2.36 bits per heavy atom. The first-order valence-corrected chi connectivity index (χ1v) is 7.79. The Hall–Kier alpha value is -1.75. The fourth-order valence-corrected chi connectivity index (χ4v) is 1.89. The molecule has 22 heavy (non-hydrogen) atoms. The van der Waals surface area contributed by atoms with E-state index in [1.54, 1.807) is 18.0 Å². The third-order valence-corrected chi connectivity index (χ3v) is 3.58. The summed E-state index contributed by atoms with van der Waals surface area (Å²) in [4.78, 5) is 13.7. The molecule has 0 saturated heterocycles. The molecule has 0 aliphatic heterocycles. The lowest BCUT2D eigenvalue weighted by molar-refractivity contribution is -0.132. The lowest BCUT2D eigenvalue weighted by atomic mass is 10.0. The van der Waals surface area contributed by atoms with Crippen LogP contribution in [0, 0.1) is 5.92 Å². The standard InChI is InChI=1S/C17H28N2O3/c1-5-21-15-8-6-7-9-16(15)22-12-17(20)19(4)11-10-14(18)13(2)3/h6-9,13-14H,5,10-12,18H2,1-4H3. The molecular weight excluding hydrogens is 280 g/mol. The summed E-state index contributed by atoms with van der Waals surface area (Å²) in [5.41, 5.74) is 6.00. The molecule has 1 atom stereocenters. The summed E-state index contributed by atoms with van der Waals surface area (Å²) in [5.74, 6) is 1.59. The molecule has 0 bridgehead atoms. The number of nitrogens with two attached hydrogens (primary N) is 1. The van der Waals surface area contributed by atoms with E-state index in [0.29, 0.717) is 30.6 Å². The average Bonchev–Trinajstić information content (AvgIpc) is 2.51. The van der Waals surface area contributed by atoms with Crippen molar-refractivity contribution in [3.8, 4) is 11.5 Å². The quantitative estimate of drug-likeness (QED) is 0.760.